The van der Waals surface area contributed by atoms with Crippen molar-refractivity contribution in [3.8, 4) is 11.5 Å². The van der Waals surface area contributed by atoms with E-state index in [-0.39, 0.29) is 5.91 Å². The molecule has 0 aliphatic carbocycles. The highest BCUT2D eigenvalue weighted by atomic mass is 16.5. The molecule has 1 amide bonds. The molecule has 7 nitrogen and oxygen atoms in total. The van der Waals surface area contributed by atoms with Crippen LogP contribution in [0, 0.1) is 0 Å². The second kappa shape index (κ2) is 8.86. The zero-order valence-electron chi connectivity index (χ0n) is 15.1. The predicted molar refractivity (Wildman–Crippen MR) is 97.7 cm³/mol. The molecule has 0 radical (unpaired) electrons. The van der Waals surface area contributed by atoms with Crippen LogP contribution in [0.1, 0.15) is 30.3 Å². The number of methoxy groups -OCH3 is 2. The lowest BCUT2D eigenvalue weighted by atomic mass is 10.2. The van der Waals surface area contributed by atoms with Crippen molar-refractivity contribution in [2.75, 3.05) is 38.0 Å². The number of anilines is 2. The van der Waals surface area contributed by atoms with E-state index in [4.69, 9.17) is 9.47 Å². The number of benzene rings is 1. The first-order valence-electron chi connectivity index (χ1n) is 8.15. The maximum absolute atomic E-state index is 12.5. The van der Waals surface area contributed by atoms with E-state index in [9.17, 15) is 4.79 Å². The van der Waals surface area contributed by atoms with Gasteiger partial charge in [-0.25, -0.2) is 9.97 Å². The average molecular weight is 344 g/mol. The molecule has 134 valence electrons. The van der Waals surface area contributed by atoms with Crippen molar-refractivity contribution in [1.82, 2.24) is 9.97 Å². The summed E-state index contributed by atoms with van der Waals surface area (Å²) in [6, 6.07) is 6.87. The fraction of sp³-hybridized carbons (Fsp3) is 0.389. The van der Waals surface area contributed by atoms with Gasteiger partial charge in [-0.1, -0.05) is 13.3 Å². The number of hydrogen-bond donors (Lipinski definition) is 1. The Balaban J connectivity index is 2.13. The van der Waals surface area contributed by atoms with Crippen molar-refractivity contribution >= 4 is 17.4 Å². The Morgan fingerprint density at radius 1 is 1.16 bits per heavy atom. The molecular weight excluding hydrogens is 320 g/mol. The third-order valence-electron chi connectivity index (χ3n) is 3.76. The third-order valence-corrected chi connectivity index (χ3v) is 3.76. The van der Waals surface area contributed by atoms with Crippen LogP contribution in [0.3, 0.4) is 0 Å². The van der Waals surface area contributed by atoms with E-state index in [2.05, 4.69) is 22.2 Å². The SMILES string of the molecule is CCCCN(C)c1cc(C(=O)Nc2ccc(OC)c(OC)c2)ncn1. The number of nitrogens with one attached hydrogen (secondary N) is 1. The van der Waals surface area contributed by atoms with Crippen molar-refractivity contribution in [1.29, 1.82) is 0 Å². The van der Waals surface area contributed by atoms with E-state index < -0.39 is 0 Å². The van der Waals surface area contributed by atoms with Crippen molar-refractivity contribution in [3.63, 3.8) is 0 Å². The van der Waals surface area contributed by atoms with Crippen LogP contribution in [0.5, 0.6) is 11.5 Å². The molecule has 1 aromatic carbocycles. The van der Waals surface area contributed by atoms with Gasteiger partial charge in [-0.2, -0.15) is 0 Å². The summed E-state index contributed by atoms with van der Waals surface area (Å²) in [4.78, 5) is 22.8. The highest BCUT2D eigenvalue weighted by molar-refractivity contribution is 6.03. The molecule has 25 heavy (non-hydrogen) atoms. The number of aromatic nitrogens is 2. The molecule has 0 aliphatic heterocycles. The molecule has 2 aromatic rings. The minimum absolute atomic E-state index is 0.306. The number of carbonyl (C=O) groups excluding carboxylic acids is 1. The van der Waals surface area contributed by atoms with Crippen molar-refractivity contribution < 1.29 is 14.3 Å². The summed E-state index contributed by atoms with van der Waals surface area (Å²) in [6.07, 6.45) is 3.57. The van der Waals surface area contributed by atoms with Gasteiger partial charge in [-0.05, 0) is 18.6 Å². The molecule has 0 atom stereocenters. The smallest absolute Gasteiger partial charge is 0.274 e. The number of amides is 1. The molecule has 0 saturated heterocycles. The largest absolute Gasteiger partial charge is 0.493 e. The fourth-order valence-corrected chi connectivity index (χ4v) is 2.30. The molecule has 1 aromatic heterocycles. The quantitative estimate of drug-likeness (QED) is 0.793. The van der Waals surface area contributed by atoms with Crippen LogP contribution in [0.2, 0.25) is 0 Å². The molecule has 0 saturated carbocycles. The normalized spacial score (nSPS) is 10.2. The second-order valence-corrected chi connectivity index (χ2v) is 5.56. The van der Waals surface area contributed by atoms with E-state index in [0.717, 1.165) is 25.2 Å². The van der Waals surface area contributed by atoms with E-state index in [1.165, 1.54) is 6.33 Å². The lowest BCUT2D eigenvalue weighted by molar-refractivity contribution is 0.102. The topological polar surface area (TPSA) is 76.6 Å². The van der Waals surface area contributed by atoms with Crippen molar-refractivity contribution in [2.45, 2.75) is 19.8 Å². The fourth-order valence-electron chi connectivity index (χ4n) is 2.30. The molecule has 0 bridgehead atoms. The van der Waals surface area contributed by atoms with Gasteiger partial charge in [-0.15, -0.1) is 0 Å². The summed E-state index contributed by atoms with van der Waals surface area (Å²) in [7, 11) is 5.06. The summed E-state index contributed by atoms with van der Waals surface area (Å²) in [5.41, 5.74) is 0.908. The second-order valence-electron chi connectivity index (χ2n) is 5.56. The van der Waals surface area contributed by atoms with E-state index in [1.807, 2.05) is 11.9 Å². The molecule has 7 heteroatoms. The number of rotatable bonds is 8. The van der Waals surface area contributed by atoms with Crippen molar-refractivity contribution in [3.05, 3.63) is 36.3 Å². The highest BCUT2D eigenvalue weighted by Crippen LogP contribution is 2.29. The Kier molecular flexibility index (Phi) is 6.56. The summed E-state index contributed by atoms with van der Waals surface area (Å²) in [5.74, 6) is 1.56. The molecular formula is C18H24N4O3. The van der Waals surface area contributed by atoms with Gasteiger partial charge in [0.15, 0.2) is 11.5 Å². The number of ether oxygens (including phenoxy) is 2. The molecule has 2 rings (SSSR count). The molecule has 0 fully saturated rings. The zero-order chi connectivity index (χ0) is 18.2. The van der Waals surface area contributed by atoms with Gasteiger partial charge in [0.1, 0.15) is 17.8 Å². The number of carbonyl (C=O) groups is 1. The summed E-state index contributed by atoms with van der Waals surface area (Å²) in [6.45, 7) is 3.01. The maximum atomic E-state index is 12.5. The number of unbranched alkanes of at least 4 members (excludes halogenated alkanes) is 1. The van der Waals surface area contributed by atoms with Crippen LogP contribution in [0.15, 0.2) is 30.6 Å². The van der Waals surface area contributed by atoms with Crippen LogP contribution >= 0.6 is 0 Å². The predicted octanol–water partition coefficient (Wildman–Crippen LogP) is 2.98. The lowest BCUT2D eigenvalue weighted by Gasteiger charge is -2.17. The Hall–Kier alpha value is -2.83. The third kappa shape index (κ3) is 4.82. The summed E-state index contributed by atoms with van der Waals surface area (Å²) < 4.78 is 10.4. The average Bonchev–Trinajstić information content (AvgIpc) is 2.65. The van der Waals surface area contributed by atoms with Gasteiger partial charge in [0.25, 0.3) is 5.91 Å². The van der Waals surface area contributed by atoms with Crippen LogP contribution in [0.25, 0.3) is 0 Å². The Labute approximate surface area is 148 Å². The van der Waals surface area contributed by atoms with Gasteiger partial charge in [0.2, 0.25) is 0 Å². The lowest BCUT2D eigenvalue weighted by Crippen LogP contribution is -2.21. The Morgan fingerprint density at radius 3 is 2.60 bits per heavy atom. The highest BCUT2D eigenvalue weighted by Gasteiger charge is 2.12. The van der Waals surface area contributed by atoms with Gasteiger partial charge >= 0.3 is 0 Å². The molecule has 0 unspecified atom stereocenters. The molecule has 0 aliphatic rings. The molecule has 1 N–H and O–H groups in total. The number of hydrogen-bond acceptors (Lipinski definition) is 6. The zero-order valence-corrected chi connectivity index (χ0v) is 15.1. The minimum atomic E-state index is -0.306. The first-order chi connectivity index (χ1) is 12.1. The van der Waals surface area contributed by atoms with Crippen molar-refractivity contribution in [2.24, 2.45) is 0 Å². The van der Waals surface area contributed by atoms with Crippen LogP contribution in [0.4, 0.5) is 11.5 Å². The summed E-state index contributed by atoms with van der Waals surface area (Å²) in [5, 5.41) is 2.81. The van der Waals surface area contributed by atoms with Gasteiger partial charge in [0.05, 0.1) is 14.2 Å². The van der Waals surface area contributed by atoms with Gasteiger partial charge < -0.3 is 19.7 Å². The monoisotopic (exact) mass is 344 g/mol. The minimum Gasteiger partial charge on any atom is -0.493 e. The summed E-state index contributed by atoms with van der Waals surface area (Å²) >= 11 is 0. The number of nitrogens with zero attached hydrogens (tertiary/aromatic N) is 3. The molecule has 1 heterocycles. The van der Waals surface area contributed by atoms with Crippen LogP contribution in [-0.2, 0) is 0 Å². The first kappa shape index (κ1) is 18.5. The van der Waals surface area contributed by atoms with Gasteiger partial charge in [0, 0.05) is 31.4 Å². The van der Waals surface area contributed by atoms with E-state index >= 15 is 0 Å². The van der Waals surface area contributed by atoms with Crippen LogP contribution < -0.4 is 19.7 Å². The van der Waals surface area contributed by atoms with E-state index in [0.29, 0.717) is 22.9 Å². The standard InChI is InChI=1S/C18H24N4O3/c1-5-6-9-22(2)17-11-14(19-12-20-17)18(23)21-13-7-8-15(24-3)16(10-13)25-4/h7-8,10-12H,5-6,9H2,1-4H3,(H,21,23). The Bertz CT molecular complexity index is 721. The van der Waals surface area contributed by atoms with Crippen LogP contribution in [-0.4, -0.2) is 43.7 Å². The Morgan fingerprint density at radius 2 is 1.92 bits per heavy atom. The van der Waals surface area contributed by atoms with Gasteiger partial charge in [-0.3, -0.25) is 4.79 Å². The first-order valence-corrected chi connectivity index (χ1v) is 8.15. The maximum Gasteiger partial charge on any atom is 0.274 e. The molecule has 0 spiro atoms. The van der Waals surface area contributed by atoms with E-state index in [1.54, 1.807) is 38.5 Å².